The summed E-state index contributed by atoms with van der Waals surface area (Å²) in [6.07, 6.45) is 4.23. The second kappa shape index (κ2) is 3.68. The molecule has 100 valence electrons. The Kier molecular flexibility index (Phi) is 2.17. The fraction of sp³-hybridized carbons (Fsp3) is 0.643. The minimum Gasteiger partial charge on any atom is -0.367 e. The van der Waals surface area contributed by atoms with E-state index < -0.39 is 0 Å². The van der Waals surface area contributed by atoms with Gasteiger partial charge in [0, 0.05) is 12.1 Å². The molecular formula is C14H17N3O2. The predicted octanol–water partition coefficient (Wildman–Crippen LogP) is 2.75. The van der Waals surface area contributed by atoms with Gasteiger partial charge in [0.15, 0.2) is 0 Å². The molecule has 0 saturated heterocycles. The normalized spacial score (nSPS) is 38.1. The van der Waals surface area contributed by atoms with E-state index in [0.29, 0.717) is 11.7 Å². The summed E-state index contributed by atoms with van der Waals surface area (Å²) in [4.78, 5) is 14.7. The van der Waals surface area contributed by atoms with Crippen LogP contribution in [0.5, 0.6) is 0 Å². The van der Waals surface area contributed by atoms with Crippen LogP contribution in [0.3, 0.4) is 0 Å². The Balaban J connectivity index is 1.50. The number of rotatable bonds is 3. The van der Waals surface area contributed by atoms with Crippen LogP contribution >= 0.6 is 0 Å². The molecule has 19 heavy (non-hydrogen) atoms. The van der Waals surface area contributed by atoms with E-state index in [0.717, 1.165) is 29.5 Å². The number of hydrogen-bond acceptors (Lipinski definition) is 4. The van der Waals surface area contributed by atoms with Crippen molar-refractivity contribution in [1.82, 2.24) is 4.98 Å². The van der Waals surface area contributed by atoms with Crippen molar-refractivity contribution in [2.75, 3.05) is 5.32 Å². The van der Waals surface area contributed by atoms with Crippen LogP contribution in [0.2, 0.25) is 0 Å². The van der Waals surface area contributed by atoms with E-state index in [9.17, 15) is 10.1 Å². The van der Waals surface area contributed by atoms with Crippen molar-refractivity contribution in [2.24, 2.45) is 23.7 Å². The fourth-order valence-corrected chi connectivity index (χ4v) is 4.52. The van der Waals surface area contributed by atoms with Crippen molar-refractivity contribution >= 4 is 11.5 Å². The Morgan fingerprint density at radius 1 is 1.32 bits per heavy atom. The maximum atomic E-state index is 10.8. The molecule has 4 atom stereocenters. The molecule has 0 radical (unpaired) electrons. The molecule has 3 saturated carbocycles. The molecule has 4 unspecified atom stereocenters. The number of pyridine rings is 1. The molecule has 0 amide bonds. The highest BCUT2D eigenvalue weighted by Crippen LogP contribution is 2.66. The Hall–Kier alpha value is -1.65. The zero-order chi connectivity index (χ0) is 13.1. The molecule has 3 aliphatic rings. The first-order valence-electron chi connectivity index (χ1n) is 7.03. The van der Waals surface area contributed by atoms with Crippen molar-refractivity contribution in [3.05, 3.63) is 27.9 Å². The van der Waals surface area contributed by atoms with Gasteiger partial charge in [0.25, 0.3) is 5.69 Å². The van der Waals surface area contributed by atoms with Crippen LogP contribution in [0.25, 0.3) is 0 Å². The average molecular weight is 259 g/mol. The highest BCUT2D eigenvalue weighted by molar-refractivity contribution is 5.47. The number of anilines is 1. The van der Waals surface area contributed by atoms with E-state index >= 15 is 0 Å². The van der Waals surface area contributed by atoms with Gasteiger partial charge < -0.3 is 5.32 Å². The van der Waals surface area contributed by atoms with Crippen LogP contribution in [0.4, 0.5) is 11.5 Å². The molecule has 1 aromatic heterocycles. The maximum absolute atomic E-state index is 10.8. The van der Waals surface area contributed by atoms with Gasteiger partial charge in [-0.25, -0.2) is 4.98 Å². The molecule has 0 aromatic carbocycles. The summed E-state index contributed by atoms with van der Waals surface area (Å²) in [5.41, 5.74) is 0.588. The number of nitrogens with one attached hydrogen (secondary N) is 1. The van der Waals surface area contributed by atoms with Gasteiger partial charge in [0.1, 0.15) is 11.5 Å². The van der Waals surface area contributed by atoms with Crippen molar-refractivity contribution < 1.29 is 4.92 Å². The molecule has 2 bridgehead atoms. The number of aromatic nitrogens is 1. The highest BCUT2D eigenvalue weighted by atomic mass is 16.6. The highest BCUT2D eigenvalue weighted by Gasteiger charge is 2.65. The second-order valence-corrected chi connectivity index (χ2v) is 6.22. The van der Waals surface area contributed by atoms with Crippen LogP contribution in [0.15, 0.2) is 12.1 Å². The number of fused-ring (bicyclic) bond motifs is 5. The van der Waals surface area contributed by atoms with E-state index in [1.165, 1.54) is 19.3 Å². The molecule has 3 aliphatic carbocycles. The van der Waals surface area contributed by atoms with E-state index in [1.807, 2.05) is 0 Å². The number of hydrogen-bond donors (Lipinski definition) is 1. The van der Waals surface area contributed by atoms with Crippen molar-refractivity contribution in [2.45, 2.75) is 32.2 Å². The third kappa shape index (κ3) is 1.57. The Bertz CT molecular complexity index is 544. The predicted molar refractivity (Wildman–Crippen MR) is 70.9 cm³/mol. The van der Waals surface area contributed by atoms with Gasteiger partial charge in [-0.15, -0.1) is 0 Å². The van der Waals surface area contributed by atoms with Gasteiger partial charge in [-0.1, -0.05) is 0 Å². The quantitative estimate of drug-likeness (QED) is 0.669. The van der Waals surface area contributed by atoms with Crippen LogP contribution in [0.1, 0.15) is 25.0 Å². The third-order valence-electron chi connectivity index (χ3n) is 5.30. The van der Waals surface area contributed by atoms with E-state index in [1.54, 1.807) is 19.1 Å². The van der Waals surface area contributed by atoms with E-state index in [2.05, 4.69) is 10.3 Å². The van der Waals surface area contributed by atoms with Crippen molar-refractivity contribution in [3.8, 4) is 0 Å². The summed E-state index contributed by atoms with van der Waals surface area (Å²) < 4.78 is 0. The first-order chi connectivity index (χ1) is 9.15. The minimum atomic E-state index is -0.377. The molecule has 1 N–H and O–H groups in total. The first-order valence-corrected chi connectivity index (χ1v) is 7.03. The molecular weight excluding hydrogens is 242 g/mol. The van der Waals surface area contributed by atoms with Crippen LogP contribution in [-0.2, 0) is 0 Å². The maximum Gasteiger partial charge on any atom is 0.290 e. The topological polar surface area (TPSA) is 68.1 Å². The Morgan fingerprint density at radius 2 is 2.00 bits per heavy atom. The molecule has 0 aliphatic heterocycles. The van der Waals surface area contributed by atoms with Gasteiger partial charge in [-0.3, -0.25) is 10.1 Å². The van der Waals surface area contributed by atoms with Gasteiger partial charge >= 0.3 is 0 Å². The molecule has 4 rings (SSSR count). The van der Waals surface area contributed by atoms with Crippen LogP contribution in [-0.4, -0.2) is 15.9 Å². The molecule has 1 heterocycles. The largest absolute Gasteiger partial charge is 0.367 e. The van der Waals surface area contributed by atoms with Crippen molar-refractivity contribution in [3.63, 3.8) is 0 Å². The number of nitrogens with zero attached hydrogens (tertiary/aromatic N) is 2. The molecule has 1 aromatic rings. The lowest BCUT2D eigenvalue weighted by atomic mass is 10.0. The van der Waals surface area contributed by atoms with Gasteiger partial charge in [0.2, 0.25) is 0 Å². The molecule has 3 fully saturated rings. The first kappa shape index (κ1) is 11.2. The summed E-state index contributed by atoms with van der Waals surface area (Å²) in [6.45, 7) is 1.70. The third-order valence-corrected chi connectivity index (χ3v) is 5.30. The molecule has 0 spiro atoms. The van der Waals surface area contributed by atoms with Gasteiger partial charge in [-0.05, 0) is 55.9 Å². The summed E-state index contributed by atoms with van der Waals surface area (Å²) in [5.74, 6) is 4.33. The van der Waals surface area contributed by atoms with Gasteiger partial charge in [0.05, 0.1) is 4.92 Å². The van der Waals surface area contributed by atoms with Gasteiger partial charge in [-0.2, -0.15) is 0 Å². The van der Waals surface area contributed by atoms with Crippen molar-refractivity contribution in [1.29, 1.82) is 0 Å². The monoisotopic (exact) mass is 259 g/mol. The summed E-state index contributed by atoms with van der Waals surface area (Å²) in [6, 6.07) is 3.86. The van der Waals surface area contributed by atoms with Crippen LogP contribution < -0.4 is 5.32 Å². The average Bonchev–Trinajstić information content (AvgIpc) is 2.78. The van der Waals surface area contributed by atoms with Crippen LogP contribution in [0, 0.1) is 40.7 Å². The van der Waals surface area contributed by atoms with E-state index in [-0.39, 0.29) is 10.6 Å². The zero-order valence-corrected chi connectivity index (χ0v) is 10.9. The number of aryl methyl sites for hydroxylation is 1. The smallest absolute Gasteiger partial charge is 0.290 e. The molecule has 5 heteroatoms. The summed E-state index contributed by atoms with van der Waals surface area (Å²) in [7, 11) is 0. The number of nitro groups is 1. The molecule has 5 nitrogen and oxygen atoms in total. The van der Waals surface area contributed by atoms with E-state index in [4.69, 9.17) is 0 Å². The standard InChI is InChI=1S/C14H17N3O2/c1-7-10(17(18)19)4-5-11(15-7)16-14-12-8-2-3-9(6-8)13(12)14/h4-5,8-9,12-14H,2-3,6H2,1H3,(H,15,16). The Labute approximate surface area is 111 Å². The second-order valence-electron chi connectivity index (χ2n) is 6.22. The SMILES string of the molecule is Cc1nc(NC2C3C4CCC(C4)C23)ccc1[N+](=O)[O-]. The summed E-state index contributed by atoms with van der Waals surface area (Å²) >= 11 is 0. The lowest BCUT2D eigenvalue weighted by Crippen LogP contribution is -2.14. The minimum absolute atomic E-state index is 0.0987. The zero-order valence-electron chi connectivity index (χ0n) is 10.9. The lowest BCUT2D eigenvalue weighted by molar-refractivity contribution is -0.385. The Morgan fingerprint density at radius 3 is 2.58 bits per heavy atom. The fourth-order valence-electron chi connectivity index (χ4n) is 4.52. The summed E-state index contributed by atoms with van der Waals surface area (Å²) in [5, 5.41) is 14.3. The lowest BCUT2D eigenvalue weighted by Gasteiger charge is -2.11.